The molecule has 48 heavy (non-hydrogen) atoms. The molecule has 0 bridgehead atoms. The molecule has 1 aromatic carbocycles. The van der Waals surface area contributed by atoms with Gasteiger partial charge in [-0.25, -0.2) is 24.1 Å². The molecule has 0 radical (unpaired) electrons. The first kappa shape index (κ1) is 36.6. The van der Waals surface area contributed by atoms with Gasteiger partial charge in [0.25, 0.3) is 11.8 Å². The molecule has 254 valence electrons. The summed E-state index contributed by atoms with van der Waals surface area (Å²) in [5, 5.41) is 1.81. The van der Waals surface area contributed by atoms with E-state index in [1.807, 2.05) is 25.1 Å². The number of rotatable bonds is 7. The van der Waals surface area contributed by atoms with Crippen LogP contribution in [0.2, 0.25) is 0 Å². The zero-order valence-corrected chi connectivity index (χ0v) is 28.2. The van der Waals surface area contributed by atoms with Crippen molar-refractivity contribution in [1.29, 1.82) is 0 Å². The fourth-order valence-corrected chi connectivity index (χ4v) is 6.27. The first-order valence-corrected chi connectivity index (χ1v) is 14.6. The summed E-state index contributed by atoms with van der Waals surface area (Å²) in [6.45, 7) is 12.0. The minimum atomic E-state index is -2.87. The third-order valence-electron chi connectivity index (χ3n) is 8.51. The van der Waals surface area contributed by atoms with Gasteiger partial charge in [-0.1, -0.05) is 24.8 Å². The summed E-state index contributed by atoms with van der Waals surface area (Å²) in [4.78, 5) is 38.1. The van der Waals surface area contributed by atoms with Gasteiger partial charge >= 0.3 is 6.01 Å². The lowest BCUT2D eigenvalue weighted by molar-refractivity contribution is -0.131. The Bertz CT molecular complexity index is 1900. The quantitative estimate of drug-likeness (QED) is 0.150. The fraction of sp³-hybridized carbons (Fsp3) is 0.375. The molecule has 0 unspecified atom stereocenters. The molecule has 2 atom stereocenters. The van der Waals surface area contributed by atoms with E-state index in [9.17, 15) is 18.0 Å². The molecule has 2 aliphatic rings. The third kappa shape index (κ3) is 6.99. The summed E-state index contributed by atoms with van der Waals surface area (Å²) in [6, 6.07) is 4.10. The number of anilines is 1. The molecular weight excluding hydrogens is 669 g/mol. The number of aromatic nitrogens is 4. The first-order valence-electron chi connectivity index (χ1n) is 14.6. The van der Waals surface area contributed by atoms with Crippen LogP contribution in [0.4, 0.5) is 23.4 Å². The lowest BCUT2D eigenvalue weighted by atomic mass is 10.00. The number of benzene rings is 1. The summed E-state index contributed by atoms with van der Waals surface area (Å²) in [7, 11) is 1.57. The SMILES string of the molecule is S.S.[C-]#[N+]C[C@H]1CN(c2nc(OC[C@@H]3CC(F)(F)CN3C)nc3c(F)c(-c4cncc5cccc(C)c45)ncc23)CCN1C(=O)C(=C)F. The summed E-state index contributed by atoms with van der Waals surface area (Å²) >= 11 is 0. The number of hydrogen-bond donors (Lipinski definition) is 0. The van der Waals surface area contributed by atoms with Crippen LogP contribution in [0.15, 0.2) is 49.2 Å². The van der Waals surface area contributed by atoms with E-state index in [0.717, 1.165) is 16.3 Å². The number of pyridine rings is 2. The largest absolute Gasteiger partial charge is 0.462 e. The highest BCUT2D eigenvalue weighted by Gasteiger charge is 2.43. The van der Waals surface area contributed by atoms with Gasteiger partial charge < -0.3 is 19.4 Å². The zero-order chi connectivity index (χ0) is 32.7. The number of alkyl halides is 2. The predicted molar refractivity (Wildman–Crippen MR) is 184 cm³/mol. The number of carbonyl (C=O) groups excluding carboxylic acids is 1. The molecular formula is C32H34F4N8O2S2. The van der Waals surface area contributed by atoms with Crippen LogP contribution >= 0.6 is 27.0 Å². The maximum absolute atomic E-state index is 16.6. The molecule has 0 aliphatic carbocycles. The number of hydrogen-bond acceptors (Lipinski definition) is 8. The summed E-state index contributed by atoms with van der Waals surface area (Å²) in [5.41, 5.74) is 1.25. The summed E-state index contributed by atoms with van der Waals surface area (Å²) in [5.74, 6) is -5.44. The minimum Gasteiger partial charge on any atom is -0.462 e. The fourth-order valence-electron chi connectivity index (χ4n) is 6.27. The monoisotopic (exact) mass is 702 g/mol. The molecule has 2 saturated heterocycles. The maximum Gasteiger partial charge on any atom is 0.319 e. The van der Waals surface area contributed by atoms with Gasteiger partial charge in [0.1, 0.15) is 29.7 Å². The van der Waals surface area contributed by atoms with E-state index in [1.54, 1.807) is 18.1 Å². The summed E-state index contributed by atoms with van der Waals surface area (Å²) in [6.07, 6.45) is 4.25. The number of ether oxygens (including phenoxy) is 1. The Kier molecular flexibility index (Phi) is 11.1. The van der Waals surface area contributed by atoms with Crippen molar-refractivity contribution >= 4 is 60.4 Å². The second kappa shape index (κ2) is 14.5. The van der Waals surface area contributed by atoms with Crippen LogP contribution in [0, 0.1) is 19.3 Å². The van der Waals surface area contributed by atoms with Crippen molar-refractivity contribution in [2.75, 3.05) is 51.3 Å². The number of piperazine rings is 1. The Morgan fingerprint density at radius 1 is 1.17 bits per heavy atom. The van der Waals surface area contributed by atoms with E-state index in [2.05, 4.69) is 31.4 Å². The first-order chi connectivity index (χ1) is 22.0. The van der Waals surface area contributed by atoms with Crippen LogP contribution in [0.1, 0.15) is 12.0 Å². The second-order valence-electron chi connectivity index (χ2n) is 11.7. The van der Waals surface area contributed by atoms with E-state index >= 15 is 4.39 Å². The lowest BCUT2D eigenvalue weighted by Crippen LogP contribution is -2.56. The van der Waals surface area contributed by atoms with Crippen LogP contribution in [-0.2, 0) is 4.79 Å². The van der Waals surface area contributed by atoms with Gasteiger partial charge in [-0.2, -0.15) is 37.0 Å². The number of likely N-dealkylation sites (N-methyl/N-ethyl adjacent to an activating group) is 1. The topological polar surface area (TPSA) is 91.9 Å². The molecule has 0 spiro atoms. The van der Waals surface area contributed by atoms with E-state index in [-0.39, 0.29) is 88.2 Å². The second-order valence-corrected chi connectivity index (χ2v) is 11.7. The molecule has 6 rings (SSSR count). The Morgan fingerprint density at radius 3 is 2.62 bits per heavy atom. The van der Waals surface area contributed by atoms with Crippen molar-refractivity contribution < 1.29 is 27.1 Å². The average molecular weight is 703 g/mol. The van der Waals surface area contributed by atoms with Crippen molar-refractivity contribution in [2.24, 2.45) is 0 Å². The van der Waals surface area contributed by atoms with Crippen LogP contribution < -0.4 is 9.64 Å². The summed E-state index contributed by atoms with van der Waals surface area (Å²) < 4.78 is 64.3. The predicted octanol–water partition coefficient (Wildman–Crippen LogP) is 5.05. The number of nitrogens with zero attached hydrogens (tertiary/aromatic N) is 8. The zero-order valence-electron chi connectivity index (χ0n) is 26.2. The number of amides is 1. The molecule has 5 heterocycles. The number of carbonyl (C=O) groups is 1. The van der Waals surface area contributed by atoms with Crippen molar-refractivity contribution in [3.8, 4) is 17.3 Å². The molecule has 0 N–H and O–H groups in total. The van der Waals surface area contributed by atoms with Gasteiger partial charge in [0.2, 0.25) is 6.54 Å². The Morgan fingerprint density at radius 2 is 1.94 bits per heavy atom. The standard InChI is InChI=1S/C32H30F4N8O2.2H2S/c1-18-6-5-7-20-11-38-13-23(25(18)20)27-26(34)28-24(14-39-27)29(41-31(40-28)46-16-21-10-32(35,36)17-42(21)4)43-8-9-44(30(45)19(2)33)22(15-43)12-37-3;;/h5-7,11,13-14,21-22H,2,8-10,12,15-17H2,1,4H3;2*1H2/t21-,22-;;/m0../s1. The van der Waals surface area contributed by atoms with Gasteiger partial charge in [0, 0.05) is 61.6 Å². The minimum absolute atomic E-state index is 0. The van der Waals surface area contributed by atoms with E-state index in [1.165, 1.54) is 22.2 Å². The Hall–Kier alpha value is -4.20. The number of fused-ring (bicyclic) bond motifs is 2. The molecule has 0 saturated carbocycles. The molecule has 16 heteroatoms. The number of likely N-dealkylation sites (tertiary alicyclic amines) is 1. The van der Waals surface area contributed by atoms with Crippen molar-refractivity contribution in [2.45, 2.75) is 31.4 Å². The average Bonchev–Trinajstić information content (AvgIpc) is 3.30. The lowest BCUT2D eigenvalue weighted by Gasteiger charge is -2.39. The maximum atomic E-state index is 16.6. The molecule has 10 nitrogen and oxygen atoms in total. The van der Waals surface area contributed by atoms with Crippen molar-refractivity contribution in [3.63, 3.8) is 0 Å². The Balaban J connectivity index is 0.00000260. The highest BCUT2D eigenvalue weighted by Crippen LogP contribution is 2.36. The van der Waals surface area contributed by atoms with Gasteiger partial charge in [0.15, 0.2) is 11.6 Å². The van der Waals surface area contributed by atoms with Crippen LogP contribution in [0.5, 0.6) is 6.01 Å². The van der Waals surface area contributed by atoms with E-state index in [0.29, 0.717) is 5.56 Å². The molecule has 4 aromatic rings. The van der Waals surface area contributed by atoms with Gasteiger partial charge in [-0.05, 0) is 24.9 Å². The van der Waals surface area contributed by atoms with E-state index in [4.69, 9.17) is 11.3 Å². The van der Waals surface area contributed by atoms with Crippen LogP contribution in [0.25, 0.3) is 37.8 Å². The molecule has 2 fully saturated rings. The third-order valence-corrected chi connectivity index (χ3v) is 8.51. The number of aryl methyl sites for hydroxylation is 1. The normalized spacial score (nSPS) is 19.0. The van der Waals surface area contributed by atoms with E-state index < -0.39 is 48.5 Å². The van der Waals surface area contributed by atoms with Gasteiger partial charge in [0.05, 0.1) is 11.9 Å². The highest BCUT2D eigenvalue weighted by molar-refractivity contribution is 7.59. The van der Waals surface area contributed by atoms with Gasteiger partial charge in [-0.15, -0.1) is 0 Å². The molecule has 2 aliphatic heterocycles. The van der Waals surface area contributed by atoms with Crippen LogP contribution in [-0.4, -0.2) is 100 Å². The van der Waals surface area contributed by atoms with Crippen molar-refractivity contribution in [3.05, 3.63) is 72.0 Å². The highest BCUT2D eigenvalue weighted by atomic mass is 32.1. The molecule has 1 amide bonds. The number of halogens is 4. The molecule has 3 aromatic heterocycles. The van der Waals surface area contributed by atoms with Crippen LogP contribution in [0.3, 0.4) is 0 Å². The Labute approximate surface area is 288 Å². The smallest absolute Gasteiger partial charge is 0.319 e. The van der Waals surface area contributed by atoms with Gasteiger partial charge in [-0.3, -0.25) is 19.7 Å². The van der Waals surface area contributed by atoms with Crippen molar-refractivity contribution in [1.82, 2.24) is 29.7 Å².